The summed E-state index contributed by atoms with van der Waals surface area (Å²) in [5, 5.41) is 10.8. The minimum Gasteiger partial charge on any atom is -0.492 e. The lowest BCUT2D eigenvalue weighted by Gasteiger charge is -2.35. The molecule has 0 radical (unpaired) electrons. The van der Waals surface area contributed by atoms with Crippen molar-refractivity contribution >= 4 is 11.5 Å². The van der Waals surface area contributed by atoms with Crippen LogP contribution in [0.2, 0.25) is 0 Å². The molecule has 0 saturated carbocycles. The molecule has 1 aromatic heterocycles. The van der Waals surface area contributed by atoms with Crippen molar-refractivity contribution in [1.82, 2.24) is 9.88 Å². The molecule has 1 aromatic carbocycles. The number of hydrogen-bond donors (Lipinski definition) is 0. The van der Waals surface area contributed by atoms with Gasteiger partial charge in [-0.3, -0.25) is 15.0 Å². The fraction of sp³-hybridized carbons (Fsp3) is 0.353. The van der Waals surface area contributed by atoms with E-state index in [1.807, 2.05) is 24.4 Å². The third-order valence-electron chi connectivity index (χ3n) is 4.05. The number of benzene rings is 1. The van der Waals surface area contributed by atoms with E-state index in [0.29, 0.717) is 12.4 Å². The van der Waals surface area contributed by atoms with Crippen LogP contribution in [-0.4, -0.2) is 54.1 Å². The minimum absolute atomic E-state index is 0.0523. The Bertz CT molecular complexity index is 673. The van der Waals surface area contributed by atoms with Crippen molar-refractivity contribution in [2.24, 2.45) is 0 Å². The number of rotatable bonds is 6. The number of piperazine rings is 1. The topological polar surface area (TPSA) is 71.7 Å². The quantitative estimate of drug-likeness (QED) is 0.598. The van der Waals surface area contributed by atoms with E-state index in [1.165, 1.54) is 12.1 Å². The molecule has 0 atom stereocenters. The molecule has 24 heavy (non-hydrogen) atoms. The highest BCUT2D eigenvalue weighted by atomic mass is 16.6. The van der Waals surface area contributed by atoms with E-state index < -0.39 is 4.92 Å². The molecule has 7 heteroatoms. The van der Waals surface area contributed by atoms with Crippen molar-refractivity contribution in [1.29, 1.82) is 0 Å². The average Bonchev–Trinajstić information content (AvgIpc) is 2.63. The van der Waals surface area contributed by atoms with Crippen LogP contribution in [0.25, 0.3) is 0 Å². The molecule has 0 spiro atoms. The molecule has 1 saturated heterocycles. The number of aromatic nitrogens is 1. The Morgan fingerprint density at radius 1 is 1.12 bits per heavy atom. The normalized spacial score (nSPS) is 15.2. The number of non-ortho nitro benzene ring substituents is 1. The second-order valence-electron chi connectivity index (χ2n) is 5.62. The van der Waals surface area contributed by atoms with E-state index in [9.17, 15) is 10.1 Å². The maximum absolute atomic E-state index is 10.8. The van der Waals surface area contributed by atoms with Gasteiger partial charge >= 0.3 is 0 Å². The zero-order valence-corrected chi connectivity index (χ0v) is 13.4. The average molecular weight is 328 g/mol. The van der Waals surface area contributed by atoms with Crippen LogP contribution in [0, 0.1) is 10.1 Å². The molecular formula is C17H20N4O3. The van der Waals surface area contributed by atoms with Gasteiger partial charge in [-0.05, 0) is 18.2 Å². The van der Waals surface area contributed by atoms with E-state index in [1.54, 1.807) is 12.1 Å². The summed E-state index contributed by atoms with van der Waals surface area (Å²) < 4.78 is 5.64. The van der Waals surface area contributed by atoms with E-state index in [2.05, 4.69) is 14.8 Å². The Balaban J connectivity index is 1.42. The number of ether oxygens (including phenoxy) is 1. The van der Waals surface area contributed by atoms with Gasteiger partial charge < -0.3 is 9.64 Å². The van der Waals surface area contributed by atoms with Crippen molar-refractivity contribution < 1.29 is 9.66 Å². The van der Waals surface area contributed by atoms with Gasteiger partial charge in [0.15, 0.2) is 0 Å². The summed E-state index contributed by atoms with van der Waals surface area (Å²) in [6.07, 6.45) is 1.81. The van der Waals surface area contributed by atoms with Crippen molar-refractivity contribution in [2.75, 3.05) is 44.2 Å². The van der Waals surface area contributed by atoms with Gasteiger partial charge in [0.1, 0.15) is 18.2 Å². The fourth-order valence-electron chi connectivity index (χ4n) is 2.72. The number of nitro benzene ring substituents is 1. The van der Waals surface area contributed by atoms with E-state index >= 15 is 0 Å². The van der Waals surface area contributed by atoms with Crippen LogP contribution < -0.4 is 9.64 Å². The number of anilines is 1. The first kappa shape index (κ1) is 16.2. The van der Waals surface area contributed by atoms with E-state index in [0.717, 1.165) is 38.5 Å². The number of nitrogens with zero attached hydrogens (tertiary/aromatic N) is 4. The van der Waals surface area contributed by atoms with Gasteiger partial charge in [-0.2, -0.15) is 0 Å². The fourth-order valence-corrected chi connectivity index (χ4v) is 2.72. The SMILES string of the molecule is O=[N+]([O-])c1cccc(OCCN2CCN(c3ccccn3)CC2)c1. The van der Waals surface area contributed by atoms with Crippen molar-refractivity contribution in [3.63, 3.8) is 0 Å². The molecule has 2 heterocycles. The first-order chi connectivity index (χ1) is 11.7. The molecule has 0 N–H and O–H groups in total. The van der Waals surface area contributed by atoms with E-state index in [4.69, 9.17) is 4.74 Å². The van der Waals surface area contributed by atoms with Gasteiger partial charge in [0, 0.05) is 45.0 Å². The molecule has 2 aromatic rings. The van der Waals surface area contributed by atoms with Crippen LogP contribution in [0.1, 0.15) is 0 Å². The molecule has 0 unspecified atom stereocenters. The van der Waals surface area contributed by atoms with Crippen LogP contribution in [0.3, 0.4) is 0 Å². The van der Waals surface area contributed by atoms with Gasteiger partial charge in [-0.25, -0.2) is 4.98 Å². The summed E-state index contributed by atoms with van der Waals surface area (Å²) >= 11 is 0. The van der Waals surface area contributed by atoms with Gasteiger partial charge in [-0.15, -0.1) is 0 Å². The number of pyridine rings is 1. The zero-order chi connectivity index (χ0) is 16.8. The van der Waals surface area contributed by atoms with Crippen LogP contribution in [0.4, 0.5) is 11.5 Å². The molecule has 0 bridgehead atoms. The van der Waals surface area contributed by atoms with Gasteiger partial charge in [0.25, 0.3) is 5.69 Å². The second-order valence-corrected chi connectivity index (χ2v) is 5.62. The van der Waals surface area contributed by atoms with Crippen LogP contribution in [0.5, 0.6) is 5.75 Å². The highest BCUT2D eigenvalue weighted by Crippen LogP contribution is 2.19. The summed E-state index contributed by atoms with van der Waals surface area (Å²) in [6, 6.07) is 12.3. The summed E-state index contributed by atoms with van der Waals surface area (Å²) in [5.41, 5.74) is 0.0523. The molecule has 0 amide bonds. The lowest BCUT2D eigenvalue weighted by Crippen LogP contribution is -2.47. The minimum atomic E-state index is -0.413. The van der Waals surface area contributed by atoms with Gasteiger partial charge in [-0.1, -0.05) is 12.1 Å². The monoisotopic (exact) mass is 328 g/mol. The lowest BCUT2D eigenvalue weighted by molar-refractivity contribution is -0.384. The zero-order valence-electron chi connectivity index (χ0n) is 13.4. The Kier molecular flexibility index (Phi) is 5.22. The maximum atomic E-state index is 10.8. The highest BCUT2D eigenvalue weighted by Gasteiger charge is 2.17. The smallest absolute Gasteiger partial charge is 0.273 e. The first-order valence-electron chi connectivity index (χ1n) is 7.98. The maximum Gasteiger partial charge on any atom is 0.273 e. The second kappa shape index (κ2) is 7.74. The molecule has 7 nitrogen and oxygen atoms in total. The Morgan fingerprint density at radius 3 is 2.67 bits per heavy atom. The van der Waals surface area contributed by atoms with Crippen molar-refractivity contribution in [2.45, 2.75) is 0 Å². The third kappa shape index (κ3) is 4.20. The number of nitro groups is 1. The molecule has 1 aliphatic heterocycles. The molecule has 1 aliphatic rings. The van der Waals surface area contributed by atoms with Gasteiger partial charge in [0.05, 0.1) is 11.0 Å². The van der Waals surface area contributed by atoms with Gasteiger partial charge in [0.2, 0.25) is 0 Å². The third-order valence-corrected chi connectivity index (χ3v) is 4.05. The summed E-state index contributed by atoms with van der Waals surface area (Å²) in [5.74, 6) is 1.56. The van der Waals surface area contributed by atoms with E-state index in [-0.39, 0.29) is 5.69 Å². The molecular weight excluding hydrogens is 308 g/mol. The standard InChI is InChI=1S/C17H20N4O3/c22-21(23)15-4-3-5-16(14-15)24-13-12-19-8-10-20(11-9-19)17-6-1-2-7-18-17/h1-7,14H,8-13H2. The highest BCUT2D eigenvalue weighted by molar-refractivity contribution is 5.38. The van der Waals surface area contributed by atoms with Crippen molar-refractivity contribution in [3.05, 3.63) is 58.8 Å². The summed E-state index contributed by atoms with van der Waals surface area (Å²) in [7, 11) is 0. The predicted molar refractivity (Wildman–Crippen MR) is 91.5 cm³/mol. The molecule has 126 valence electrons. The molecule has 0 aliphatic carbocycles. The molecule has 3 rings (SSSR count). The Hall–Kier alpha value is -2.67. The Labute approximate surface area is 140 Å². The largest absolute Gasteiger partial charge is 0.492 e. The Morgan fingerprint density at radius 2 is 1.96 bits per heavy atom. The van der Waals surface area contributed by atoms with Crippen LogP contribution >= 0.6 is 0 Å². The first-order valence-corrected chi connectivity index (χ1v) is 7.98. The van der Waals surface area contributed by atoms with Crippen molar-refractivity contribution in [3.8, 4) is 5.75 Å². The van der Waals surface area contributed by atoms with Crippen LogP contribution in [-0.2, 0) is 0 Å². The molecule has 1 fully saturated rings. The lowest BCUT2D eigenvalue weighted by atomic mass is 10.3. The predicted octanol–water partition coefficient (Wildman–Crippen LogP) is 2.19. The summed E-state index contributed by atoms with van der Waals surface area (Å²) in [4.78, 5) is 19.3. The van der Waals surface area contributed by atoms with Crippen LogP contribution in [0.15, 0.2) is 48.7 Å². The number of hydrogen-bond acceptors (Lipinski definition) is 6. The summed E-state index contributed by atoms with van der Waals surface area (Å²) in [6.45, 7) is 5.11.